The molecule has 2 unspecified atom stereocenters. The Kier molecular flexibility index (Phi) is 4.81. The van der Waals surface area contributed by atoms with Gasteiger partial charge in [0.15, 0.2) is 9.84 Å². The SMILES string of the molecule is NCC1CCCCN1CC(=O)NC1CCS(=O)(=O)C1. The summed E-state index contributed by atoms with van der Waals surface area (Å²) in [4.78, 5) is 14.1. The zero-order chi connectivity index (χ0) is 13.9. The molecule has 2 saturated heterocycles. The van der Waals surface area contributed by atoms with Gasteiger partial charge in [0.1, 0.15) is 0 Å². The Morgan fingerprint density at radius 2 is 2.11 bits per heavy atom. The molecule has 110 valence electrons. The quantitative estimate of drug-likeness (QED) is 0.700. The zero-order valence-electron chi connectivity index (χ0n) is 11.2. The molecule has 0 aliphatic carbocycles. The van der Waals surface area contributed by atoms with E-state index in [1.54, 1.807) is 0 Å². The highest BCUT2D eigenvalue weighted by molar-refractivity contribution is 7.91. The van der Waals surface area contributed by atoms with Crippen molar-refractivity contribution in [2.45, 2.75) is 37.8 Å². The lowest BCUT2D eigenvalue weighted by Gasteiger charge is -2.34. The molecule has 0 aromatic heterocycles. The van der Waals surface area contributed by atoms with Crippen molar-refractivity contribution < 1.29 is 13.2 Å². The molecular formula is C12H23N3O3S. The van der Waals surface area contributed by atoms with Crippen LogP contribution in [0.25, 0.3) is 0 Å². The van der Waals surface area contributed by atoms with Crippen molar-refractivity contribution >= 4 is 15.7 Å². The molecular weight excluding hydrogens is 266 g/mol. The van der Waals surface area contributed by atoms with Gasteiger partial charge >= 0.3 is 0 Å². The first kappa shape index (κ1) is 14.7. The van der Waals surface area contributed by atoms with E-state index in [4.69, 9.17) is 5.73 Å². The Balaban J connectivity index is 1.80. The van der Waals surface area contributed by atoms with Gasteiger partial charge in [0.25, 0.3) is 0 Å². The van der Waals surface area contributed by atoms with Crippen molar-refractivity contribution in [1.82, 2.24) is 10.2 Å². The Morgan fingerprint density at radius 3 is 2.74 bits per heavy atom. The molecule has 0 bridgehead atoms. The third-order valence-corrected chi connectivity index (χ3v) is 5.73. The second-order valence-electron chi connectivity index (χ2n) is 5.52. The number of sulfone groups is 1. The molecule has 0 radical (unpaired) electrons. The summed E-state index contributed by atoms with van der Waals surface area (Å²) in [7, 11) is -2.94. The van der Waals surface area contributed by atoms with Crippen molar-refractivity contribution in [3.8, 4) is 0 Å². The van der Waals surface area contributed by atoms with Gasteiger partial charge in [-0.05, 0) is 25.8 Å². The summed E-state index contributed by atoms with van der Waals surface area (Å²) >= 11 is 0. The van der Waals surface area contributed by atoms with E-state index in [1.807, 2.05) is 0 Å². The summed E-state index contributed by atoms with van der Waals surface area (Å²) in [5.41, 5.74) is 5.72. The van der Waals surface area contributed by atoms with Crippen LogP contribution in [0.15, 0.2) is 0 Å². The monoisotopic (exact) mass is 289 g/mol. The van der Waals surface area contributed by atoms with E-state index < -0.39 is 9.84 Å². The smallest absolute Gasteiger partial charge is 0.234 e. The van der Waals surface area contributed by atoms with Crippen LogP contribution in [-0.4, -0.2) is 62.4 Å². The standard InChI is InChI=1S/C12H23N3O3S/c13-7-11-3-1-2-5-15(11)8-12(16)14-10-4-6-19(17,18)9-10/h10-11H,1-9,13H2,(H,14,16). The summed E-state index contributed by atoms with van der Waals surface area (Å²) in [6.07, 6.45) is 3.85. The molecule has 7 heteroatoms. The van der Waals surface area contributed by atoms with Crippen molar-refractivity contribution in [3.63, 3.8) is 0 Å². The van der Waals surface area contributed by atoms with Crippen LogP contribution in [0, 0.1) is 0 Å². The van der Waals surface area contributed by atoms with Crippen LogP contribution in [0.5, 0.6) is 0 Å². The second kappa shape index (κ2) is 6.19. The van der Waals surface area contributed by atoms with Gasteiger partial charge < -0.3 is 11.1 Å². The van der Waals surface area contributed by atoms with Crippen LogP contribution in [0.2, 0.25) is 0 Å². The molecule has 3 N–H and O–H groups in total. The van der Waals surface area contributed by atoms with E-state index in [2.05, 4.69) is 10.2 Å². The highest BCUT2D eigenvalue weighted by atomic mass is 32.2. The topological polar surface area (TPSA) is 92.5 Å². The van der Waals surface area contributed by atoms with E-state index in [9.17, 15) is 13.2 Å². The number of amides is 1. The van der Waals surface area contributed by atoms with Crippen LogP contribution in [-0.2, 0) is 14.6 Å². The highest BCUT2D eigenvalue weighted by Crippen LogP contribution is 2.16. The Labute approximate surface area is 114 Å². The molecule has 2 rings (SSSR count). The van der Waals surface area contributed by atoms with E-state index >= 15 is 0 Å². The van der Waals surface area contributed by atoms with Gasteiger partial charge in [-0.25, -0.2) is 8.42 Å². The summed E-state index contributed by atoms with van der Waals surface area (Å²) in [5, 5.41) is 2.83. The maximum Gasteiger partial charge on any atom is 0.234 e. The molecule has 0 spiro atoms. The fourth-order valence-corrected chi connectivity index (χ4v) is 4.58. The first-order chi connectivity index (χ1) is 9.00. The molecule has 2 heterocycles. The van der Waals surface area contributed by atoms with Crippen molar-refractivity contribution in [3.05, 3.63) is 0 Å². The minimum atomic E-state index is -2.94. The number of hydrogen-bond donors (Lipinski definition) is 2. The van der Waals surface area contributed by atoms with Crippen molar-refractivity contribution in [2.75, 3.05) is 31.1 Å². The van der Waals surface area contributed by atoms with Crippen LogP contribution in [0.4, 0.5) is 0 Å². The number of carbonyl (C=O) groups is 1. The molecule has 6 nitrogen and oxygen atoms in total. The molecule has 19 heavy (non-hydrogen) atoms. The van der Waals surface area contributed by atoms with Crippen LogP contribution < -0.4 is 11.1 Å². The fourth-order valence-electron chi connectivity index (χ4n) is 2.90. The summed E-state index contributed by atoms with van der Waals surface area (Å²) < 4.78 is 22.7. The maximum absolute atomic E-state index is 12.0. The average Bonchev–Trinajstić information content (AvgIpc) is 2.69. The third kappa shape index (κ3) is 4.15. The first-order valence-corrected chi connectivity index (χ1v) is 8.76. The van der Waals surface area contributed by atoms with Gasteiger partial charge in [0, 0.05) is 18.6 Å². The van der Waals surface area contributed by atoms with Gasteiger partial charge in [0.2, 0.25) is 5.91 Å². The second-order valence-corrected chi connectivity index (χ2v) is 7.75. The van der Waals surface area contributed by atoms with E-state index in [-0.39, 0.29) is 29.5 Å². The van der Waals surface area contributed by atoms with Crippen molar-refractivity contribution in [1.29, 1.82) is 0 Å². The van der Waals surface area contributed by atoms with Crippen LogP contribution >= 0.6 is 0 Å². The highest BCUT2D eigenvalue weighted by Gasteiger charge is 2.30. The molecule has 2 aliphatic rings. The number of nitrogens with one attached hydrogen (secondary N) is 1. The number of nitrogens with two attached hydrogens (primary N) is 1. The Bertz CT molecular complexity index is 424. The first-order valence-electron chi connectivity index (χ1n) is 6.94. The number of nitrogens with zero attached hydrogens (tertiary/aromatic N) is 1. The van der Waals surface area contributed by atoms with Crippen LogP contribution in [0.1, 0.15) is 25.7 Å². The number of carbonyl (C=O) groups excluding carboxylic acids is 1. The van der Waals surface area contributed by atoms with Gasteiger partial charge in [-0.2, -0.15) is 0 Å². The maximum atomic E-state index is 12.0. The minimum absolute atomic E-state index is 0.0811. The predicted molar refractivity (Wildman–Crippen MR) is 73.5 cm³/mol. The molecule has 2 atom stereocenters. The van der Waals surface area contributed by atoms with Gasteiger partial charge in [-0.15, -0.1) is 0 Å². The zero-order valence-corrected chi connectivity index (χ0v) is 12.0. The van der Waals surface area contributed by atoms with Gasteiger partial charge in [0.05, 0.1) is 18.1 Å². The molecule has 1 amide bonds. The summed E-state index contributed by atoms with van der Waals surface area (Å²) in [6.45, 7) is 1.81. The van der Waals surface area contributed by atoms with E-state index in [1.165, 1.54) is 6.42 Å². The van der Waals surface area contributed by atoms with Gasteiger partial charge in [-0.1, -0.05) is 6.42 Å². The summed E-state index contributed by atoms with van der Waals surface area (Å²) in [6, 6.07) is 0.0745. The normalized spacial score (nSPS) is 31.2. The number of rotatable bonds is 4. The van der Waals surface area contributed by atoms with Crippen LogP contribution in [0.3, 0.4) is 0 Å². The fraction of sp³-hybridized carbons (Fsp3) is 0.917. The molecule has 0 aromatic carbocycles. The lowest BCUT2D eigenvalue weighted by molar-refractivity contribution is -0.123. The van der Waals surface area contributed by atoms with Gasteiger partial charge in [-0.3, -0.25) is 9.69 Å². The lowest BCUT2D eigenvalue weighted by Crippen LogP contribution is -2.50. The minimum Gasteiger partial charge on any atom is -0.351 e. The number of hydrogen-bond acceptors (Lipinski definition) is 5. The molecule has 0 aromatic rings. The number of piperidine rings is 1. The average molecular weight is 289 g/mol. The Hall–Kier alpha value is -0.660. The number of likely N-dealkylation sites (tertiary alicyclic amines) is 1. The lowest BCUT2D eigenvalue weighted by atomic mass is 10.0. The van der Waals surface area contributed by atoms with Crippen molar-refractivity contribution in [2.24, 2.45) is 5.73 Å². The largest absolute Gasteiger partial charge is 0.351 e. The third-order valence-electron chi connectivity index (χ3n) is 3.97. The Morgan fingerprint density at radius 1 is 1.32 bits per heavy atom. The molecule has 2 fully saturated rings. The van der Waals surface area contributed by atoms with E-state index in [0.29, 0.717) is 19.5 Å². The molecule has 2 aliphatic heterocycles. The predicted octanol–water partition coefficient (Wildman–Crippen LogP) is -0.897. The van der Waals surface area contributed by atoms with E-state index in [0.717, 1.165) is 19.4 Å². The summed E-state index contributed by atoms with van der Waals surface area (Å²) in [5.74, 6) is 0.189. The molecule has 0 saturated carbocycles.